The van der Waals surface area contributed by atoms with Gasteiger partial charge in [0, 0.05) is 12.0 Å². The lowest BCUT2D eigenvalue weighted by atomic mass is 9.80. The minimum atomic E-state index is -4.56. The number of halogens is 4. The Labute approximate surface area is 189 Å². The van der Waals surface area contributed by atoms with E-state index in [0.29, 0.717) is 0 Å². The Kier molecular flexibility index (Phi) is 5.16. The number of esters is 2. The van der Waals surface area contributed by atoms with Crippen LogP contribution in [0, 0.1) is 19.0 Å². The molecule has 8 nitrogen and oxygen atoms in total. The molecule has 6 unspecified atom stereocenters. The van der Waals surface area contributed by atoms with Gasteiger partial charge in [0.25, 0.3) is 0 Å². The fraction of sp³-hybridized carbons (Fsp3) is 0.471. The third-order valence-electron chi connectivity index (χ3n) is 5.29. The van der Waals surface area contributed by atoms with Gasteiger partial charge in [0.1, 0.15) is 29.8 Å². The van der Waals surface area contributed by atoms with Gasteiger partial charge in [0.2, 0.25) is 0 Å². The van der Waals surface area contributed by atoms with Gasteiger partial charge >= 0.3 is 17.9 Å². The number of aliphatic carboxylic acids is 1. The number of phenols is 1. The number of benzene rings is 1. The molecule has 29 heavy (non-hydrogen) atoms. The van der Waals surface area contributed by atoms with Gasteiger partial charge in [-0.3, -0.25) is 9.59 Å². The summed E-state index contributed by atoms with van der Waals surface area (Å²) in [6, 6.07) is 2.17. The molecule has 1 aromatic carbocycles. The van der Waals surface area contributed by atoms with E-state index in [4.69, 9.17) is 14.2 Å². The van der Waals surface area contributed by atoms with E-state index in [1.807, 2.05) is 0 Å². The van der Waals surface area contributed by atoms with Crippen LogP contribution in [0.15, 0.2) is 12.1 Å². The van der Waals surface area contributed by atoms with Gasteiger partial charge in [-0.2, -0.15) is 8.78 Å². The van der Waals surface area contributed by atoms with E-state index in [1.54, 1.807) is 45.2 Å². The lowest BCUT2D eigenvalue weighted by molar-refractivity contribution is -0.337. The molecule has 2 bridgehead atoms. The van der Waals surface area contributed by atoms with Gasteiger partial charge in [-0.15, -0.1) is 0 Å². The second-order valence-corrected chi connectivity index (χ2v) is 9.29. The van der Waals surface area contributed by atoms with Crippen LogP contribution in [0.25, 0.3) is 0 Å². The average Bonchev–Trinajstić information content (AvgIpc) is 3.25. The van der Waals surface area contributed by atoms with Gasteiger partial charge in [-0.05, 0) is 57.3 Å². The van der Waals surface area contributed by atoms with Crippen molar-refractivity contribution in [3.8, 4) is 5.75 Å². The van der Waals surface area contributed by atoms with Crippen LogP contribution < -0.4 is 5.11 Å². The number of fused-ring (bicyclic) bond motifs is 1. The topological polar surface area (TPSA) is 122 Å². The zero-order valence-electron chi connectivity index (χ0n) is 14.1. The number of carboxylic acids is 1. The van der Waals surface area contributed by atoms with Crippen LogP contribution in [0.3, 0.4) is 0 Å². The molecule has 0 saturated carbocycles. The van der Waals surface area contributed by atoms with Crippen molar-refractivity contribution in [2.75, 3.05) is 0 Å². The van der Waals surface area contributed by atoms with Gasteiger partial charge in [0.15, 0.2) is 6.10 Å². The van der Waals surface area contributed by atoms with Crippen LogP contribution in [0.2, 0.25) is 0 Å². The maximum Gasteiger partial charge on any atom is 0.327 e. The van der Waals surface area contributed by atoms with Crippen molar-refractivity contribution in [1.29, 1.82) is 0 Å². The van der Waals surface area contributed by atoms with Crippen LogP contribution >= 0.6 is 45.2 Å². The Hall–Kier alpha value is -1.29. The molecule has 3 aliphatic rings. The lowest BCUT2D eigenvalue weighted by Crippen LogP contribution is -2.48. The van der Waals surface area contributed by atoms with Crippen LogP contribution in [0.4, 0.5) is 8.78 Å². The number of phenolic OH excluding ortho intramolecular Hbond substituents is 1. The first-order valence-electron chi connectivity index (χ1n) is 8.36. The highest BCUT2D eigenvalue weighted by Crippen LogP contribution is 2.51. The van der Waals surface area contributed by atoms with E-state index in [2.05, 4.69) is 0 Å². The van der Waals surface area contributed by atoms with Crippen molar-refractivity contribution >= 4 is 63.1 Å². The smallest absolute Gasteiger partial charge is 0.327 e. The molecule has 156 valence electrons. The minimum Gasteiger partial charge on any atom is -0.544 e. The molecule has 0 aromatic heterocycles. The first-order valence-corrected chi connectivity index (χ1v) is 10.5. The Morgan fingerprint density at radius 2 is 1.90 bits per heavy atom. The van der Waals surface area contributed by atoms with Crippen LogP contribution in [0.5, 0.6) is 5.75 Å². The number of hydrogen-bond acceptors (Lipinski definition) is 8. The molecule has 0 radical (unpaired) electrons. The zero-order valence-corrected chi connectivity index (χ0v) is 18.5. The van der Waals surface area contributed by atoms with Crippen molar-refractivity contribution in [1.82, 2.24) is 0 Å². The molecule has 0 spiro atoms. The van der Waals surface area contributed by atoms with Crippen LogP contribution in [0.1, 0.15) is 18.1 Å². The molecular weight excluding hydrogens is 624 g/mol. The number of alkyl halides is 2. The molecule has 3 fully saturated rings. The number of ether oxygens (including phenoxy) is 3. The maximum absolute atomic E-state index is 14.4. The van der Waals surface area contributed by atoms with Crippen molar-refractivity contribution in [2.45, 2.75) is 36.8 Å². The van der Waals surface area contributed by atoms with Gasteiger partial charge in [-0.1, -0.05) is 0 Å². The van der Waals surface area contributed by atoms with Crippen molar-refractivity contribution < 1.29 is 47.6 Å². The third kappa shape index (κ3) is 3.26. The number of aromatic hydroxyl groups is 1. The molecule has 6 atom stereocenters. The molecule has 1 N–H and O–H groups in total. The molecule has 3 saturated heterocycles. The summed E-state index contributed by atoms with van der Waals surface area (Å²) in [5.74, 6) is -11.4. The highest BCUT2D eigenvalue weighted by Gasteiger charge is 2.66. The van der Waals surface area contributed by atoms with Gasteiger partial charge in [0.05, 0.1) is 19.2 Å². The number of carbonyl (C=O) groups is 3. The zero-order chi connectivity index (χ0) is 21.2. The Bertz CT molecular complexity index is 898. The Morgan fingerprint density at radius 1 is 1.28 bits per heavy atom. The summed E-state index contributed by atoms with van der Waals surface area (Å²) in [6.45, 7) is 0. The average molecular weight is 635 g/mol. The first kappa shape index (κ1) is 21.0. The predicted molar refractivity (Wildman–Crippen MR) is 102 cm³/mol. The van der Waals surface area contributed by atoms with E-state index in [-0.39, 0.29) is 24.9 Å². The number of carbonyl (C=O) groups excluding carboxylic acids is 3. The summed E-state index contributed by atoms with van der Waals surface area (Å²) in [4.78, 5) is 35.8. The molecule has 0 amide bonds. The minimum absolute atomic E-state index is 0.158. The summed E-state index contributed by atoms with van der Waals surface area (Å²) >= 11 is 3.35. The highest BCUT2D eigenvalue weighted by molar-refractivity contribution is 14.1. The van der Waals surface area contributed by atoms with E-state index in [9.17, 15) is 33.4 Å². The fourth-order valence-corrected chi connectivity index (χ4v) is 5.82. The summed E-state index contributed by atoms with van der Waals surface area (Å²) in [6.07, 6.45) is -4.12. The Balaban J connectivity index is 1.67. The molecule has 3 heterocycles. The molecule has 1 aromatic rings. The first-order chi connectivity index (χ1) is 13.5. The molecule has 3 aliphatic heterocycles. The lowest BCUT2D eigenvalue weighted by Gasteiger charge is -2.30. The summed E-state index contributed by atoms with van der Waals surface area (Å²) in [5.41, 5.74) is -0.338. The maximum atomic E-state index is 14.4. The standard InChI is InChI=1S/C17H12F2I2O8/c18-17(19,16(25)26)13(4-1-5(20)11(22)6(21)2-4)29-14(23)9-7-3-8-12(27-7)10(9)15(24)28-8/h1-2,7-10,12-13,22H,3H2,(H,25,26)/p-1. The normalized spacial score (nSPS) is 30.9. The second-order valence-electron chi connectivity index (χ2n) is 6.96. The number of rotatable bonds is 5. The molecular formula is C17H11F2I2O8-. The van der Waals surface area contributed by atoms with E-state index < -0.39 is 60.1 Å². The molecule has 4 rings (SSSR count). The van der Waals surface area contributed by atoms with E-state index in [1.165, 1.54) is 0 Å². The number of carboxylic acid groups (broad SMARTS) is 1. The van der Waals surface area contributed by atoms with E-state index >= 15 is 0 Å². The molecule has 12 heteroatoms. The van der Waals surface area contributed by atoms with Gasteiger partial charge < -0.3 is 29.2 Å². The number of hydrogen-bond donors (Lipinski definition) is 1. The van der Waals surface area contributed by atoms with Crippen molar-refractivity contribution in [3.05, 3.63) is 24.8 Å². The molecule has 0 aliphatic carbocycles. The quantitative estimate of drug-likeness (QED) is 0.375. The van der Waals surface area contributed by atoms with Crippen molar-refractivity contribution in [3.63, 3.8) is 0 Å². The highest BCUT2D eigenvalue weighted by atomic mass is 127. The predicted octanol–water partition coefficient (Wildman–Crippen LogP) is 0.900. The second kappa shape index (κ2) is 7.14. The summed E-state index contributed by atoms with van der Waals surface area (Å²) in [5, 5.41) is 20.9. The van der Waals surface area contributed by atoms with E-state index in [0.717, 1.165) is 12.1 Å². The van der Waals surface area contributed by atoms with Crippen LogP contribution in [-0.4, -0.2) is 47.2 Å². The summed E-state index contributed by atoms with van der Waals surface area (Å²) < 4.78 is 44.8. The largest absolute Gasteiger partial charge is 0.544 e. The fourth-order valence-electron chi connectivity index (χ4n) is 4.00. The SMILES string of the molecule is O=C(OC(c1cc(I)c(O)c(I)c1)C(F)(F)C(=O)[O-])C1C2CC3OC(=O)C1C3O2. The van der Waals surface area contributed by atoms with Crippen LogP contribution in [-0.2, 0) is 28.6 Å². The van der Waals surface area contributed by atoms with Gasteiger partial charge in [-0.25, -0.2) is 0 Å². The Morgan fingerprint density at radius 3 is 2.48 bits per heavy atom. The van der Waals surface area contributed by atoms with Crippen molar-refractivity contribution in [2.24, 2.45) is 11.8 Å². The summed E-state index contributed by atoms with van der Waals surface area (Å²) in [7, 11) is 0. The monoisotopic (exact) mass is 635 g/mol. The third-order valence-corrected chi connectivity index (χ3v) is 6.94.